The molecular formula is C11H13BrFNO2. The molecule has 0 aromatic heterocycles. The second-order valence-electron chi connectivity index (χ2n) is 3.24. The topological polar surface area (TPSA) is 38.3 Å². The van der Waals surface area contributed by atoms with Crippen LogP contribution in [0.15, 0.2) is 22.7 Å². The molecule has 1 aromatic carbocycles. The summed E-state index contributed by atoms with van der Waals surface area (Å²) >= 11 is 3.10. The first-order chi connectivity index (χ1) is 7.63. The Bertz CT molecular complexity index is 371. The molecule has 0 heterocycles. The van der Waals surface area contributed by atoms with E-state index in [1.54, 1.807) is 12.1 Å². The zero-order chi connectivity index (χ0) is 12.0. The third kappa shape index (κ3) is 4.18. The van der Waals surface area contributed by atoms with Gasteiger partial charge in [-0.15, -0.1) is 0 Å². The highest BCUT2D eigenvalue weighted by Crippen LogP contribution is 2.19. The number of anilines is 1. The van der Waals surface area contributed by atoms with Crippen LogP contribution in [0.25, 0.3) is 0 Å². The van der Waals surface area contributed by atoms with Crippen LogP contribution in [0.5, 0.6) is 0 Å². The van der Waals surface area contributed by atoms with Crippen LogP contribution in [0.2, 0.25) is 0 Å². The Morgan fingerprint density at radius 1 is 1.56 bits per heavy atom. The van der Waals surface area contributed by atoms with Crippen molar-refractivity contribution in [3.05, 3.63) is 28.5 Å². The maximum atomic E-state index is 12.9. The smallest absolute Gasteiger partial charge is 0.305 e. The molecule has 0 radical (unpaired) electrons. The molecule has 1 aromatic rings. The lowest BCUT2D eigenvalue weighted by molar-refractivity contribution is -0.140. The fourth-order valence-corrected chi connectivity index (χ4v) is 1.55. The van der Waals surface area contributed by atoms with Crippen molar-refractivity contribution in [1.82, 2.24) is 0 Å². The van der Waals surface area contributed by atoms with Gasteiger partial charge in [0.2, 0.25) is 0 Å². The average Bonchev–Trinajstić information content (AvgIpc) is 2.28. The van der Waals surface area contributed by atoms with E-state index in [1.807, 2.05) is 0 Å². The van der Waals surface area contributed by atoms with Crippen LogP contribution in [-0.4, -0.2) is 19.6 Å². The van der Waals surface area contributed by atoms with Gasteiger partial charge in [0, 0.05) is 18.7 Å². The molecule has 0 saturated heterocycles. The van der Waals surface area contributed by atoms with Crippen LogP contribution >= 0.6 is 15.9 Å². The highest BCUT2D eigenvalue weighted by Gasteiger charge is 2.01. The number of methoxy groups -OCH3 is 1. The lowest BCUT2D eigenvalue weighted by atomic mass is 10.3. The van der Waals surface area contributed by atoms with E-state index >= 15 is 0 Å². The van der Waals surface area contributed by atoms with E-state index in [0.29, 0.717) is 23.9 Å². The zero-order valence-electron chi connectivity index (χ0n) is 8.93. The monoisotopic (exact) mass is 289 g/mol. The molecule has 3 nitrogen and oxygen atoms in total. The predicted octanol–water partition coefficient (Wildman–Crippen LogP) is 2.95. The van der Waals surface area contributed by atoms with Crippen LogP contribution in [0.4, 0.5) is 10.1 Å². The Kier molecular flexibility index (Phi) is 5.25. The molecular weight excluding hydrogens is 277 g/mol. The van der Waals surface area contributed by atoms with E-state index in [1.165, 1.54) is 13.2 Å². The van der Waals surface area contributed by atoms with Crippen molar-refractivity contribution < 1.29 is 13.9 Å². The summed E-state index contributed by atoms with van der Waals surface area (Å²) in [5.41, 5.74) is 0.818. The van der Waals surface area contributed by atoms with Gasteiger partial charge in [0.15, 0.2) is 0 Å². The number of halogens is 2. The number of rotatable bonds is 5. The largest absolute Gasteiger partial charge is 0.469 e. The molecule has 88 valence electrons. The summed E-state index contributed by atoms with van der Waals surface area (Å²) in [7, 11) is 1.37. The van der Waals surface area contributed by atoms with Gasteiger partial charge in [0.1, 0.15) is 5.82 Å². The molecule has 0 aliphatic rings. The fourth-order valence-electron chi connectivity index (χ4n) is 1.17. The SMILES string of the molecule is COC(=O)CCCNc1ccc(F)c(Br)c1. The van der Waals surface area contributed by atoms with Gasteiger partial charge in [-0.25, -0.2) is 4.39 Å². The number of nitrogens with one attached hydrogen (secondary N) is 1. The minimum atomic E-state index is -0.292. The Morgan fingerprint density at radius 2 is 2.31 bits per heavy atom. The molecule has 0 unspecified atom stereocenters. The second kappa shape index (κ2) is 6.48. The number of hydrogen-bond acceptors (Lipinski definition) is 3. The van der Waals surface area contributed by atoms with Gasteiger partial charge < -0.3 is 10.1 Å². The van der Waals surface area contributed by atoms with E-state index in [0.717, 1.165) is 5.69 Å². The molecule has 0 aliphatic heterocycles. The number of hydrogen-bond donors (Lipinski definition) is 1. The van der Waals surface area contributed by atoms with E-state index in [2.05, 4.69) is 26.0 Å². The van der Waals surface area contributed by atoms with Gasteiger partial charge in [-0.05, 0) is 40.5 Å². The van der Waals surface area contributed by atoms with Crippen molar-refractivity contribution in [1.29, 1.82) is 0 Å². The minimum absolute atomic E-state index is 0.220. The zero-order valence-corrected chi connectivity index (χ0v) is 10.5. The first kappa shape index (κ1) is 13.0. The summed E-state index contributed by atoms with van der Waals surface area (Å²) in [5.74, 6) is -0.512. The first-order valence-electron chi connectivity index (χ1n) is 4.89. The molecule has 0 amide bonds. The van der Waals surface area contributed by atoms with Gasteiger partial charge in [-0.3, -0.25) is 4.79 Å². The molecule has 1 rings (SSSR count). The standard InChI is InChI=1S/C11H13BrFNO2/c1-16-11(15)3-2-6-14-8-4-5-10(13)9(12)7-8/h4-5,7,14H,2-3,6H2,1H3. The highest BCUT2D eigenvalue weighted by molar-refractivity contribution is 9.10. The number of ether oxygens (including phenoxy) is 1. The molecule has 1 N–H and O–H groups in total. The van der Waals surface area contributed by atoms with E-state index < -0.39 is 0 Å². The molecule has 0 aliphatic carbocycles. The van der Waals surface area contributed by atoms with Crippen molar-refractivity contribution in [2.75, 3.05) is 19.0 Å². The maximum absolute atomic E-state index is 12.9. The predicted molar refractivity (Wildman–Crippen MR) is 63.8 cm³/mol. The molecule has 0 fully saturated rings. The summed E-state index contributed by atoms with van der Waals surface area (Å²) in [5, 5.41) is 3.09. The Balaban J connectivity index is 2.32. The van der Waals surface area contributed by atoms with E-state index in [4.69, 9.17) is 0 Å². The lowest BCUT2D eigenvalue weighted by Crippen LogP contribution is -2.06. The average molecular weight is 290 g/mol. The maximum Gasteiger partial charge on any atom is 0.305 e. The first-order valence-corrected chi connectivity index (χ1v) is 5.68. The quantitative estimate of drug-likeness (QED) is 0.669. The Hall–Kier alpha value is -1.10. The van der Waals surface area contributed by atoms with E-state index in [-0.39, 0.29) is 11.8 Å². The summed E-state index contributed by atoms with van der Waals surface area (Å²) in [6.07, 6.45) is 1.06. The van der Waals surface area contributed by atoms with Crippen LogP contribution in [0, 0.1) is 5.82 Å². The van der Waals surface area contributed by atoms with Crippen molar-refractivity contribution in [3.63, 3.8) is 0 Å². The summed E-state index contributed by atoms with van der Waals surface area (Å²) < 4.78 is 17.8. The molecule has 0 saturated carbocycles. The second-order valence-corrected chi connectivity index (χ2v) is 4.09. The van der Waals surface area contributed by atoms with Crippen molar-refractivity contribution in [2.24, 2.45) is 0 Å². The number of carbonyl (C=O) groups is 1. The van der Waals surface area contributed by atoms with Crippen LogP contribution in [-0.2, 0) is 9.53 Å². The normalized spacial score (nSPS) is 9.94. The Labute approximate surface area is 102 Å². The summed E-state index contributed by atoms with van der Waals surface area (Å²) in [6.45, 7) is 0.646. The molecule has 0 spiro atoms. The fraction of sp³-hybridized carbons (Fsp3) is 0.364. The van der Waals surface area contributed by atoms with Crippen LogP contribution in [0.1, 0.15) is 12.8 Å². The molecule has 16 heavy (non-hydrogen) atoms. The minimum Gasteiger partial charge on any atom is -0.469 e. The van der Waals surface area contributed by atoms with Gasteiger partial charge >= 0.3 is 5.97 Å². The van der Waals surface area contributed by atoms with Crippen molar-refractivity contribution in [2.45, 2.75) is 12.8 Å². The van der Waals surface area contributed by atoms with Crippen molar-refractivity contribution in [3.8, 4) is 0 Å². The number of esters is 1. The number of benzene rings is 1. The van der Waals surface area contributed by atoms with Gasteiger partial charge in [0.25, 0.3) is 0 Å². The Morgan fingerprint density at radius 3 is 2.94 bits per heavy atom. The third-order valence-electron chi connectivity index (χ3n) is 2.03. The van der Waals surface area contributed by atoms with Crippen LogP contribution in [0.3, 0.4) is 0 Å². The molecule has 5 heteroatoms. The van der Waals surface area contributed by atoms with E-state index in [9.17, 15) is 9.18 Å². The van der Waals surface area contributed by atoms with Gasteiger partial charge in [-0.1, -0.05) is 0 Å². The molecule has 0 atom stereocenters. The number of carbonyl (C=O) groups excluding carboxylic acids is 1. The van der Waals surface area contributed by atoms with Gasteiger partial charge in [-0.2, -0.15) is 0 Å². The summed E-state index contributed by atoms with van der Waals surface area (Å²) in [4.78, 5) is 10.8. The molecule has 0 bridgehead atoms. The summed E-state index contributed by atoms with van der Waals surface area (Å²) in [6, 6.07) is 4.69. The van der Waals surface area contributed by atoms with Crippen LogP contribution < -0.4 is 5.32 Å². The van der Waals surface area contributed by atoms with Gasteiger partial charge in [0.05, 0.1) is 11.6 Å². The highest BCUT2D eigenvalue weighted by atomic mass is 79.9. The third-order valence-corrected chi connectivity index (χ3v) is 2.64. The van der Waals surface area contributed by atoms with Crippen molar-refractivity contribution >= 4 is 27.6 Å². The lowest BCUT2D eigenvalue weighted by Gasteiger charge is -2.06.